The van der Waals surface area contributed by atoms with Crippen molar-refractivity contribution < 1.29 is 4.42 Å². The van der Waals surface area contributed by atoms with E-state index >= 15 is 0 Å². The number of fused-ring (bicyclic) bond motifs is 2. The van der Waals surface area contributed by atoms with E-state index in [0.29, 0.717) is 11.6 Å². The molecule has 0 amide bonds. The van der Waals surface area contributed by atoms with Crippen LogP contribution >= 0.6 is 22.7 Å². The van der Waals surface area contributed by atoms with Crippen molar-refractivity contribution in [1.29, 1.82) is 0 Å². The minimum Gasteiger partial charge on any atom is -0.461 e. The summed E-state index contributed by atoms with van der Waals surface area (Å²) in [5, 5.41) is 15.1. The molecule has 0 saturated heterocycles. The van der Waals surface area contributed by atoms with Gasteiger partial charge < -0.3 is 4.42 Å². The van der Waals surface area contributed by atoms with Crippen LogP contribution in [0.15, 0.2) is 47.1 Å². The highest BCUT2D eigenvalue weighted by Crippen LogP contribution is 2.25. The van der Waals surface area contributed by atoms with Crippen LogP contribution in [0.25, 0.3) is 26.8 Å². The van der Waals surface area contributed by atoms with Crippen molar-refractivity contribution in [3.05, 3.63) is 52.7 Å². The lowest BCUT2D eigenvalue weighted by molar-refractivity contribution is 0.574. The van der Waals surface area contributed by atoms with Crippen molar-refractivity contribution in [1.82, 2.24) is 24.8 Å². The van der Waals surface area contributed by atoms with Gasteiger partial charge >= 0.3 is 0 Å². The number of benzene rings is 1. The van der Waals surface area contributed by atoms with Gasteiger partial charge in [-0.15, -0.1) is 21.5 Å². The average Bonchev–Trinajstić information content (AvgIpc) is 3.34. The Kier molecular flexibility index (Phi) is 3.17. The molecule has 0 aliphatic rings. The third kappa shape index (κ3) is 2.31. The Balaban J connectivity index is 1.41. The zero-order valence-electron chi connectivity index (χ0n) is 12.4. The highest BCUT2D eigenvalue weighted by molar-refractivity contribution is 7.18. The van der Waals surface area contributed by atoms with Crippen LogP contribution in [0.1, 0.15) is 10.0 Å². The van der Waals surface area contributed by atoms with Crippen LogP contribution in [0.3, 0.4) is 0 Å². The fraction of sp³-hybridized carbons (Fsp3) is 0.125. The molecule has 0 spiro atoms. The molecule has 0 atom stereocenters. The Bertz CT molecular complexity index is 1090. The first-order valence-electron chi connectivity index (χ1n) is 7.46. The fourth-order valence-electron chi connectivity index (χ4n) is 2.56. The zero-order chi connectivity index (χ0) is 15.9. The lowest BCUT2D eigenvalue weighted by Gasteiger charge is -1.92. The first-order chi connectivity index (χ1) is 11.9. The van der Waals surface area contributed by atoms with Gasteiger partial charge in [-0.3, -0.25) is 0 Å². The van der Waals surface area contributed by atoms with E-state index in [2.05, 4.69) is 26.3 Å². The molecule has 1 aromatic carbocycles. The van der Waals surface area contributed by atoms with E-state index in [4.69, 9.17) is 4.42 Å². The lowest BCUT2D eigenvalue weighted by Crippen LogP contribution is -1.94. The Morgan fingerprint density at radius 1 is 0.958 bits per heavy atom. The summed E-state index contributed by atoms with van der Waals surface area (Å²) in [7, 11) is 0. The molecular weight excluding hydrogens is 342 g/mol. The minimum absolute atomic E-state index is 0.637. The number of para-hydroxylation sites is 1. The second-order valence-electron chi connectivity index (χ2n) is 5.27. The number of nitrogens with zero attached hydrogens (tertiary/aromatic N) is 5. The predicted molar refractivity (Wildman–Crippen MR) is 93.4 cm³/mol. The molecule has 0 bridgehead atoms. The van der Waals surface area contributed by atoms with Crippen molar-refractivity contribution in [2.75, 3.05) is 0 Å². The summed E-state index contributed by atoms with van der Waals surface area (Å²) in [6.07, 6.45) is 3.34. The number of rotatable bonds is 4. The third-order valence-corrected chi connectivity index (χ3v) is 5.72. The fourth-order valence-corrected chi connectivity index (χ4v) is 4.36. The van der Waals surface area contributed by atoms with Gasteiger partial charge in [0, 0.05) is 12.8 Å². The van der Waals surface area contributed by atoms with Gasteiger partial charge in [-0.2, -0.15) is 9.61 Å². The molecule has 0 radical (unpaired) electrons. The van der Waals surface area contributed by atoms with E-state index in [1.54, 1.807) is 33.5 Å². The monoisotopic (exact) mass is 353 g/mol. The van der Waals surface area contributed by atoms with Gasteiger partial charge in [-0.05, 0) is 24.3 Å². The Morgan fingerprint density at radius 2 is 1.88 bits per heavy atom. The zero-order valence-corrected chi connectivity index (χ0v) is 14.0. The van der Waals surface area contributed by atoms with Crippen molar-refractivity contribution in [2.24, 2.45) is 0 Å². The second kappa shape index (κ2) is 5.50. The molecule has 118 valence electrons. The summed E-state index contributed by atoms with van der Waals surface area (Å²) in [5.74, 6) is 1.31. The summed E-state index contributed by atoms with van der Waals surface area (Å²) in [6.45, 7) is 0. The molecule has 0 aliphatic carbocycles. The molecule has 8 heteroatoms. The lowest BCUT2D eigenvalue weighted by atomic mass is 10.3. The van der Waals surface area contributed by atoms with E-state index in [0.717, 1.165) is 33.3 Å². The van der Waals surface area contributed by atoms with E-state index in [1.165, 1.54) is 4.70 Å². The molecule has 0 saturated carbocycles. The number of hydrogen-bond donors (Lipinski definition) is 0. The van der Waals surface area contributed by atoms with Crippen LogP contribution in [0, 0.1) is 0 Å². The van der Waals surface area contributed by atoms with Crippen molar-refractivity contribution in [3.63, 3.8) is 0 Å². The summed E-state index contributed by atoms with van der Waals surface area (Å²) in [5.41, 5.74) is 1.07. The van der Waals surface area contributed by atoms with Crippen LogP contribution in [-0.2, 0) is 12.8 Å². The predicted octanol–water partition coefficient (Wildman–Crippen LogP) is 3.84. The smallest absolute Gasteiger partial charge is 0.235 e. The molecule has 0 aliphatic heterocycles. The quantitative estimate of drug-likeness (QED) is 0.491. The molecule has 0 fully saturated rings. The molecule has 0 unspecified atom stereocenters. The summed E-state index contributed by atoms with van der Waals surface area (Å²) in [4.78, 5) is 5.45. The van der Waals surface area contributed by atoms with E-state index < -0.39 is 0 Å². The first kappa shape index (κ1) is 13.8. The second-order valence-corrected chi connectivity index (χ2v) is 7.42. The number of furan rings is 1. The standard InChI is InChI=1S/C16H11N5OS2/c1-2-6-12-10(4-1)17-13(23-12)7-8-14-20-21-15(11-5-3-9-22-11)18-19-16(21)24-14/h1-6,9H,7-8H2. The van der Waals surface area contributed by atoms with E-state index in [9.17, 15) is 0 Å². The van der Waals surface area contributed by atoms with E-state index in [1.807, 2.05) is 30.3 Å². The van der Waals surface area contributed by atoms with Crippen molar-refractivity contribution >= 4 is 37.9 Å². The van der Waals surface area contributed by atoms with Crippen LogP contribution in [0.5, 0.6) is 0 Å². The SMILES string of the molecule is c1coc(-c2nnc3sc(CCc4nc5ccccc5s4)nn23)c1. The van der Waals surface area contributed by atoms with Crippen LogP contribution in [0.4, 0.5) is 0 Å². The molecule has 0 N–H and O–H groups in total. The topological polar surface area (TPSA) is 69.1 Å². The van der Waals surface area contributed by atoms with Gasteiger partial charge in [-0.1, -0.05) is 23.5 Å². The van der Waals surface area contributed by atoms with Gasteiger partial charge in [0.15, 0.2) is 5.76 Å². The minimum atomic E-state index is 0.637. The van der Waals surface area contributed by atoms with Gasteiger partial charge in [0.1, 0.15) is 5.01 Å². The highest BCUT2D eigenvalue weighted by atomic mass is 32.1. The maximum absolute atomic E-state index is 5.39. The van der Waals surface area contributed by atoms with Gasteiger partial charge in [0.2, 0.25) is 10.8 Å². The Labute approximate surface area is 144 Å². The molecule has 5 rings (SSSR count). The Morgan fingerprint density at radius 3 is 2.75 bits per heavy atom. The number of aromatic nitrogens is 5. The molecular formula is C16H11N5OS2. The normalized spacial score (nSPS) is 11.7. The highest BCUT2D eigenvalue weighted by Gasteiger charge is 2.15. The maximum atomic E-state index is 5.39. The maximum Gasteiger partial charge on any atom is 0.235 e. The molecule has 5 aromatic rings. The number of hydrogen-bond acceptors (Lipinski definition) is 7. The largest absolute Gasteiger partial charge is 0.461 e. The average molecular weight is 353 g/mol. The van der Waals surface area contributed by atoms with Crippen LogP contribution < -0.4 is 0 Å². The number of thiazole rings is 1. The molecule has 6 nitrogen and oxygen atoms in total. The van der Waals surface area contributed by atoms with Crippen molar-refractivity contribution in [2.45, 2.75) is 12.8 Å². The Hall–Kier alpha value is -2.58. The third-order valence-electron chi connectivity index (χ3n) is 3.67. The van der Waals surface area contributed by atoms with E-state index in [-0.39, 0.29) is 0 Å². The van der Waals surface area contributed by atoms with Gasteiger partial charge in [0.25, 0.3) is 0 Å². The molecule has 4 heterocycles. The summed E-state index contributed by atoms with van der Waals surface area (Å²) < 4.78 is 8.37. The molecule has 4 aromatic heterocycles. The summed E-state index contributed by atoms with van der Waals surface area (Å²) >= 11 is 3.30. The number of aryl methyl sites for hydroxylation is 2. The van der Waals surface area contributed by atoms with Gasteiger partial charge in [0.05, 0.1) is 21.5 Å². The molecule has 24 heavy (non-hydrogen) atoms. The van der Waals surface area contributed by atoms with Crippen molar-refractivity contribution in [3.8, 4) is 11.6 Å². The summed E-state index contributed by atoms with van der Waals surface area (Å²) in [6, 6.07) is 11.9. The first-order valence-corrected chi connectivity index (χ1v) is 9.09. The van der Waals surface area contributed by atoms with Crippen LogP contribution in [0.2, 0.25) is 0 Å². The van der Waals surface area contributed by atoms with Gasteiger partial charge in [-0.25, -0.2) is 4.98 Å². The van der Waals surface area contributed by atoms with Crippen LogP contribution in [-0.4, -0.2) is 24.8 Å².